The number of hydrogen-bond donors (Lipinski definition) is 2. The van der Waals surface area contributed by atoms with Crippen LogP contribution in [0.2, 0.25) is 0 Å². The number of benzene rings is 1. The molecule has 8 nitrogen and oxygen atoms in total. The highest BCUT2D eigenvalue weighted by Crippen LogP contribution is 2.19. The standard InChI is InChI=1S/C15H12FN5O3/c1-8-10(5-9-3-2-4-11(16)13(9)18-8)14(24)19-15-17-7-21(20-15)6-12(22)23/h2-5,7H,6H2,1H3,(H,22,23)(H,19,20,24). The van der Waals surface area contributed by atoms with Gasteiger partial charge in [0.05, 0.1) is 11.3 Å². The summed E-state index contributed by atoms with van der Waals surface area (Å²) in [4.78, 5) is 30.9. The zero-order valence-electron chi connectivity index (χ0n) is 12.5. The van der Waals surface area contributed by atoms with Crippen molar-refractivity contribution in [3.05, 3.63) is 47.7 Å². The van der Waals surface area contributed by atoms with Crippen molar-refractivity contribution in [3.63, 3.8) is 0 Å². The minimum absolute atomic E-state index is 0.0278. The van der Waals surface area contributed by atoms with Crippen LogP contribution in [0.15, 0.2) is 30.6 Å². The number of nitrogens with zero attached hydrogens (tertiary/aromatic N) is 4. The summed E-state index contributed by atoms with van der Waals surface area (Å²) in [5.74, 6) is -2.08. The van der Waals surface area contributed by atoms with E-state index in [0.717, 1.165) is 4.68 Å². The van der Waals surface area contributed by atoms with Gasteiger partial charge in [0.1, 0.15) is 24.2 Å². The second-order valence-corrected chi connectivity index (χ2v) is 5.05. The quantitative estimate of drug-likeness (QED) is 0.752. The van der Waals surface area contributed by atoms with Crippen molar-refractivity contribution in [1.29, 1.82) is 0 Å². The molecule has 1 amide bonds. The number of halogens is 1. The molecule has 3 rings (SSSR count). The molecule has 2 heterocycles. The van der Waals surface area contributed by atoms with Gasteiger partial charge in [0.2, 0.25) is 5.95 Å². The third-order valence-electron chi connectivity index (χ3n) is 3.29. The molecule has 0 fully saturated rings. The Hall–Kier alpha value is -3.36. The number of amides is 1. The smallest absolute Gasteiger partial charge is 0.325 e. The summed E-state index contributed by atoms with van der Waals surface area (Å²) in [7, 11) is 0. The van der Waals surface area contributed by atoms with Gasteiger partial charge in [-0.05, 0) is 19.1 Å². The molecule has 24 heavy (non-hydrogen) atoms. The van der Waals surface area contributed by atoms with Gasteiger partial charge in [-0.25, -0.2) is 19.0 Å². The molecule has 0 aliphatic carbocycles. The lowest BCUT2D eigenvalue weighted by Crippen LogP contribution is -2.16. The molecule has 0 aliphatic heterocycles. The van der Waals surface area contributed by atoms with E-state index in [4.69, 9.17) is 5.11 Å². The molecule has 0 radical (unpaired) electrons. The van der Waals surface area contributed by atoms with Crippen molar-refractivity contribution in [3.8, 4) is 0 Å². The van der Waals surface area contributed by atoms with Crippen molar-refractivity contribution in [2.45, 2.75) is 13.5 Å². The van der Waals surface area contributed by atoms with Crippen molar-refractivity contribution >= 4 is 28.7 Å². The number of aromatic nitrogens is 4. The van der Waals surface area contributed by atoms with E-state index in [2.05, 4.69) is 20.4 Å². The van der Waals surface area contributed by atoms with Gasteiger partial charge in [-0.1, -0.05) is 12.1 Å². The van der Waals surface area contributed by atoms with E-state index in [-0.39, 0.29) is 23.6 Å². The van der Waals surface area contributed by atoms with Gasteiger partial charge in [0.25, 0.3) is 5.91 Å². The largest absolute Gasteiger partial charge is 0.480 e. The van der Waals surface area contributed by atoms with Gasteiger partial charge >= 0.3 is 5.97 Å². The molecule has 0 atom stereocenters. The van der Waals surface area contributed by atoms with Crippen LogP contribution in [0.25, 0.3) is 10.9 Å². The molecule has 0 saturated carbocycles. The zero-order chi connectivity index (χ0) is 17.3. The lowest BCUT2D eigenvalue weighted by atomic mass is 10.1. The summed E-state index contributed by atoms with van der Waals surface area (Å²) in [6.45, 7) is 1.23. The molecule has 1 aromatic carbocycles. The number of anilines is 1. The van der Waals surface area contributed by atoms with E-state index in [1.54, 1.807) is 13.0 Å². The maximum atomic E-state index is 13.7. The Balaban J connectivity index is 1.87. The van der Waals surface area contributed by atoms with Crippen LogP contribution < -0.4 is 5.32 Å². The molecule has 0 saturated heterocycles. The van der Waals surface area contributed by atoms with Crippen LogP contribution in [0.3, 0.4) is 0 Å². The van der Waals surface area contributed by atoms with Crippen molar-refractivity contribution in [2.24, 2.45) is 0 Å². The number of para-hydroxylation sites is 1. The molecule has 9 heteroatoms. The Bertz CT molecular complexity index is 953. The highest BCUT2D eigenvalue weighted by Gasteiger charge is 2.15. The summed E-state index contributed by atoms with van der Waals surface area (Å²) in [6.07, 6.45) is 1.20. The SMILES string of the molecule is Cc1nc2c(F)cccc2cc1C(=O)Nc1ncn(CC(=O)O)n1. The molecular formula is C15H12FN5O3. The van der Waals surface area contributed by atoms with Crippen LogP contribution in [0.4, 0.5) is 10.3 Å². The van der Waals surface area contributed by atoms with Crippen molar-refractivity contribution in [1.82, 2.24) is 19.7 Å². The summed E-state index contributed by atoms with van der Waals surface area (Å²) >= 11 is 0. The summed E-state index contributed by atoms with van der Waals surface area (Å²) < 4.78 is 14.8. The Morgan fingerprint density at radius 3 is 2.92 bits per heavy atom. The third-order valence-corrected chi connectivity index (χ3v) is 3.29. The van der Waals surface area contributed by atoms with Gasteiger partial charge in [0.15, 0.2) is 0 Å². The van der Waals surface area contributed by atoms with E-state index in [0.29, 0.717) is 11.1 Å². The maximum absolute atomic E-state index is 13.7. The molecule has 0 unspecified atom stereocenters. The lowest BCUT2D eigenvalue weighted by molar-refractivity contribution is -0.137. The summed E-state index contributed by atoms with van der Waals surface area (Å²) in [5, 5.41) is 15.5. The van der Waals surface area contributed by atoms with Crippen molar-refractivity contribution in [2.75, 3.05) is 5.32 Å². The molecule has 122 valence electrons. The highest BCUT2D eigenvalue weighted by molar-refractivity contribution is 6.06. The first-order chi connectivity index (χ1) is 11.4. The third kappa shape index (κ3) is 3.05. The van der Waals surface area contributed by atoms with Crippen LogP contribution >= 0.6 is 0 Å². The number of rotatable bonds is 4. The number of carbonyl (C=O) groups excluding carboxylic acids is 1. The van der Waals surface area contributed by atoms with Crippen LogP contribution in [-0.4, -0.2) is 36.7 Å². The molecule has 2 N–H and O–H groups in total. The van der Waals surface area contributed by atoms with Crippen LogP contribution in [-0.2, 0) is 11.3 Å². The topological polar surface area (TPSA) is 110 Å². The average molecular weight is 329 g/mol. The average Bonchev–Trinajstić information content (AvgIpc) is 2.93. The van der Waals surface area contributed by atoms with Crippen LogP contribution in [0.5, 0.6) is 0 Å². The number of aliphatic carboxylic acids is 1. The minimum atomic E-state index is -1.07. The van der Waals surface area contributed by atoms with Crippen LogP contribution in [0.1, 0.15) is 16.1 Å². The number of fused-ring (bicyclic) bond motifs is 1. The zero-order valence-corrected chi connectivity index (χ0v) is 12.5. The maximum Gasteiger partial charge on any atom is 0.325 e. The Labute approximate surface area is 135 Å². The Morgan fingerprint density at radius 2 is 2.17 bits per heavy atom. The number of carboxylic acids is 1. The first-order valence-corrected chi connectivity index (χ1v) is 6.92. The minimum Gasteiger partial charge on any atom is -0.480 e. The second-order valence-electron chi connectivity index (χ2n) is 5.05. The van der Waals surface area contributed by atoms with Crippen LogP contribution in [0, 0.1) is 12.7 Å². The van der Waals surface area contributed by atoms with E-state index in [1.165, 1.54) is 24.5 Å². The predicted molar refractivity (Wildman–Crippen MR) is 82.0 cm³/mol. The number of aryl methyl sites for hydroxylation is 1. The number of carbonyl (C=O) groups is 2. The van der Waals surface area contributed by atoms with Gasteiger partial charge in [-0.3, -0.25) is 14.9 Å². The fourth-order valence-electron chi connectivity index (χ4n) is 2.22. The first kappa shape index (κ1) is 15.5. The molecular weight excluding hydrogens is 317 g/mol. The molecule has 0 bridgehead atoms. The second kappa shape index (κ2) is 6.03. The fraction of sp³-hybridized carbons (Fsp3) is 0.133. The van der Waals surface area contributed by atoms with Gasteiger partial charge in [-0.15, -0.1) is 5.10 Å². The number of hydrogen-bond acceptors (Lipinski definition) is 5. The lowest BCUT2D eigenvalue weighted by Gasteiger charge is -2.07. The molecule has 2 aromatic heterocycles. The van der Waals surface area contributed by atoms with E-state index >= 15 is 0 Å². The van der Waals surface area contributed by atoms with Gasteiger partial charge in [0, 0.05) is 5.39 Å². The predicted octanol–water partition coefficient (Wildman–Crippen LogP) is 1.61. The first-order valence-electron chi connectivity index (χ1n) is 6.92. The van der Waals surface area contributed by atoms with E-state index in [1.807, 2.05) is 0 Å². The summed E-state index contributed by atoms with van der Waals surface area (Å²) in [6, 6.07) is 6.02. The number of carboxylic acid groups (broad SMARTS) is 1. The monoisotopic (exact) mass is 329 g/mol. The number of pyridine rings is 1. The van der Waals surface area contributed by atoms with Gasteiger partial charge < -0.3 is 5.11 Å². The highest BCUT2D eigenvalue weighted by atomic mass is 19.1. The Morgan fingerprint density at radius 1 is 1.38 bits per heavy atom. The molecule has 3 aromatic rings. The van der Waals surface area contributed by atoms with E-state index < -0.39 is 17.7 Å². The van der Waals surface area contributed by atoms with Crippen molar-refractivity contribution < 1.29 is 19.1 Å². The van der Waals surface area contributed by atoms with Gasteiger partial charge in [-0.2, -0.15) is 0 Å². The Kier molecular flexibility index (Phi) is 3.90. The molecule has 0 aliphatic rings. The fourth-order valence-corrected chi connectivity index (χ4v) is 2.22. The van der Waals surface area contributed by atoms with E-state index in [9.17, 15) is 14.0 Å². The normalized spacial score (nSPS) is 10.8. The summed E-state index contributed by atoms with van der Waals surface area (Å²) in [5.41, 5.74) is 0.799. The molecule has 0 spiro atoms. The number of nitrogens with one attached hydrogen (secondary N) is 1.